The maximum absolute atomic E-state index is 13.4. The third-order valence-electron chi connectivity index (χ3n) is 5.81. The Bertz CT molecular complexity index is 1080. The van der Waals surface area contributed by atoms with E-state index in [-0.39, 0.29) is 24.1 Å². The van der Waals surface area contributed by atoms with Gasteiger partial charge in [0.1, 0.15) is 0 Å². The standard InChI is InChI=1S/C24H25NO5S/c1-4-30-24(28)21-13(2)25-16-10-15(20-6-5-9-31-20)11-18(27)23(16)22(21)14-7-8-17(26)19(12-14)29-3/h5-9,12,15,22,25-26H,4,10-11H2,1-3H3/t15-,22-/m1/s1. The molecule has 2 aromatic rings. The highest BCUT2D eigenvalue weighted by atomic mass is 32.1. The fraction of sp³-hybridized carbons (Fsp3) is 0.333. The summed E-state index contributed by atoms with van der Waals surface area (Å²) >= 11 is 1.65. The molecule has 2 atom stereocenters. The first kappa shape index (κ1) is 21.2. The third-order valence-corrected chi connectivity index (χ3v) is 6.84. The lowest BCUT2D eigenvalue weighted by molar-refractivity contribution is -0.138. The number of aromatic hydroxyl groups is 1. The Hall–Kier alpha value is -3.06. The van der Waals surface area contributed by atoms with Crippen LogP contribution < -0.4 is 10.1 Å². The van der Waals surface area contributed by atoms with E-state index in [1.54, 1.807) is 30.4 Å². The van der Waals surface area contributed by atoms with E-state index in [1.807, 2.05) is 18.4 Å². The first-order chi connectivity index (χ1) is 14.9. The lowest BCUT2D eigenvalue weighted by Crippen LogP contribution is -2.36. The molecule has 0 spiro atoms. The van der Waals surface area contributed by atoms with Crippen molar-refractivity contribution in [2.24, 2.45) is 0 Å². The molecule has 7 heteroatoms. The summed E-state index contributed by atoms with van der Waals surface area (Å²) in [6.07, 6.45) is 1.09. The molecule has 31 heavy (non-hydrogen) atoms. The highest BCUT2D eigenvalue weighted by Gasteiger charge is 2.41. The predicted molar refractivity (Wildman–Crippen MR) is 118 cm³/mol. The Morgan fingerprint density at radius 1 is 1.29 bits per heavy atom. The van der Waals surface area contributed by atoms with Gasteiger partial charge < -0.3 is 19.9 Å². The molecule has 0 saturated carbocycles. The van der Waals surface area contributed by atoms with Crippen molar-refractivity contribution < 1.29 is 24.2 Å². The number of nitrogens with one attached hydrogen (secondary N) is 1. The van der Waals surface area contributed by atoms with Crippen molar-refractivity contribution in [2.45, 2.75) is 38.5 Å². The van der Waals surface area contributed by atoms with Gasteiger partial charge in [-0.1, -0.05) is 12.1 Å². The summed E-state index contributed by atoms with van der Waals surface area (Å²) in [6, 6.07) is 8.99. The second-order valence-electron chi connectivity index (χ2n) is 7.68. The zero-order valence-corrected chi connectivity index (χ0v) is 18.5. The van der Waals surface area contributed by atoms with Gasteiger partial charge in [0.2, 0.25) is 0 Å². The maximum Gasteiger partial charge on any atom is 0.336 e. The molecule has 1 aliphatic carbocycles. The molecule has 6 nitrogen and oxygen atoms in total. The van der Waals surface area contributed by atoms with Crippen LogP contribution in [0.3, 0.4) is 0 Å². The average Bonchev–Trinajstić information content (AvgIpc) is 3.28. The fourth-order valence-corrected chi connectivity index (χ4v) is 5.28. The molecular weight excluding hydrogens is 414 g/mol. The summed E-state index contributed by atoms with van der Waals surface area (Å²) in [5.41, 5.74) is 3.23. The van der Waals surface area contributed by atoms with E-state index in [0.29, 0.717) is 41.0 Å². The van der Waals surface area contributed by atoms with E-state index in [1.165, 1.54) is 18.1 Å². The number of rotatable bonds is 5. The topological polar surface area (TPSA) is 84.9 Å². The molecule has 4 rings (SSSR count). The summed E-state index contributed by atoms with van der Waals surface area (Å²) in [5, 5.41) is 15.4. The molecule has 2 N–H and O–H groups in total. The lowest BCUT2D eigenvalue weighted by Gasteiger charge is -2.36. The second-order valence-corrected chi connectivity index (χ2v) is 8.66. The van der Waals surface area contributed by atoms with Gasteiger partial charge in [-0.05, 0) is 49.4 Å². The molecule has 0 unspecified atom stereocenters. The monoisotopic (exact) mass is 439 g/mol. The Kier molecular flexibility index (Phi) is 5.87. The van der Waals surface area contributed by atoms with Crippen LogP contribution in [0.25, 0.3) is 0 Å². The minimum Gasteiger partial charge on any atom is -0.504 e. The summed E-state index contributed by atoms with van der Waals surface area (Å²) in [5.74, 6) is -0.616. The molecule has 0 fully saturated rings. The highest BCUT2D eigenvalue weighted by Crippen LogP contribution is 2.47. The van der Waals surface area contributed by atoms with Crippen LogP contribution in [-0.4, -0.2) is 30.6 Å². The van der Waals surface area contributed by atoms with E-state index in [0.717, 1.165) is 5.70 Å². The van der Waals surface area contributed by atoms with Gasteiger partial charge in [0.25, 0.3) is 0 Å². The Morgan fingerprint density at radius 3 is 2.77 bits per heavy atom. The Labute approximate surface area is 185 Å². The summed E-state index contributed by atoms with van der Waals surface area (Å²) in [7, 11) is 1.47. The number of carbonyl (C=O) groups excluding carboxylic acids is 2. The van der Waals surface area contributed by atoms with E-state index < -0.39 is 11.9 Å². The molecule has 1 aromatic heterocycles. The maximum atomic E-state index is 13.4. The van der Waals surface area contributed by atoms with Crippen LogP contribution in [0.4, 0.5) is 0 Å². The first-order valence-corrected chi connectivity index (χ1v) is 11.1. The number of Topliss-reactive ketones (excluding diaryl/α,β-unsaturated/α-hetero) is 1. The first-order valence-electron chi connectivity index (χ1n) is 10.3. The van der Waals surface area contributed by atoms with Crippen molar-refractivity contribution in [3.8, 4) is 11.5 Å². The number of hydrogen-bond donors (Lipinski definition) is 2. The molecule has 2 aliphatic rings. The van der Waals surface area contributed by atoms with Crippen LogP contribution >= 0.6 is 11.3 Å². The van der Waals surface area contributed by atoms with Crippen molar-refractivity contribution in [1.29, 1.82) is 0 Å². The second kappa shape index (κ2) is 8.59. The van der Waals surface area contributed by atoms with Crippen molar-refractivity contribution in [2.75, 3.05) is 13.7 Å². The molecule has 0 saturated heterocycles. The lowest BCUT2D eigenvalue weighted by atomic mass is 9.72. The molecule has 0 amide bonds. The number of thiophene rings is 1. The van der Waals surface area contributed by atoms with Crippen LogP contribution in [0.1, 0.15) is 49.0 Å². The molecule has 1 aliphatic heterocycles. The number of esters is 1. The van der Waals surface area contributed by atoms with Gasteiger partial charge in [0.15, 0.2) is 17.3 Å². The highest BCUT2D eigenvalue weighted by molar-refractivity contribution is 7.10. The molecule has 1 aromatic carbocycles. The van der Waals surface area contributed by atoms with Crippen LogP contribution in [-0.2, 0) is 14.3 Å². The molecule has 2 heterocycles. The third kappa shape index (κ3) is 3.85. The van der Waals surface area contributed by atoms with E-state index in [4.69, 9.17) is 9.47 Å². The van der Waals surface area contributed by atoms with Gasteiger partial charge in [-0.25, -0.2) is 4.79 Å². The quantitative estimate of drug-likeness (QED) is 0.673. The van der Waals surface area contributed by atoms with Gasteiger partial charge >= 0.3 is 5.97 Å². The number of carbonyl (C=O) groups is 2. The number of dihydropyridines is 1. The van der Waals surface area contributed by atoms with Crippen molar-refractivity contribution in [1.82, 2.24) is 5.32 Å². The molecule has 0 bridgehead atoms. The smallest absolute Gasteiger partial charge is 0.336 e. The van der Waals surface area contributed by atoms with Crippen molar-refractivity contribution in [3.05, 3.63) is 68.7 Å². The van der Waals surface area contributed by atoms with Crippen LogP contribution in [0.5, 0.6) is 11.5 Å². The summed E-state index contributed by atoms with van der Waals surface area (Å²) in [6.45, 7) is 3.83. The molecule has 162 valence electrons. The molecule has 0 radical (unpaired) electrons. The van der Waals surface area contributed by atoms with Gasteiger partial charge in [-0.3, -0.25) is 4.79 Å². The minimum absolute atomic E-state index is 0.000467. The van der Waals surface area contributed by atoms with Gasteiger partial charge in [0.05, 0.1) is 19.3 Å². The number of phenolic OH excluding ortho intramolecular Hbond substituents is 1. The van der Waals surface area contributed by atoms with Gasteiger partial charge in [0, 0.05) is 40.1 Å². The van der Waals surface area contributed by atoms with Crippen molar-refractivity contribution >= 4 is 23.1 Å². The number of ketones is 1. The van der Waals surface area contributed by atoms with Crippen LogP contribution in [0.2, 0.25) is 0 Å². The van der Waals surface area contributed by atoms with E-state index in [2.05, 4.69) is 11.4 Å². The van der Waals surface area contributed by atoms with Crippen LogP contribution in [0, 0.1) is 0 Å². The van der Waals surface area contributed by atoms with Gasteiger partial charge in [-0.15, -0.1) is 11.3 Å². The van der Waals surface area contributed by atoms with E-state index in [9.17, 15) is 14.7 Å². The normalized spacial score (nSPS) is 20.9. The minimum atomic E-state index is -0.582. The largest absolute Gasteiger partial charge is 0.504 e. The number of benzene rings is 1. The van der Waals surface area contributed by atoms with Crippen molar-refractivity contribution in [3.63, 3.8) is 0 Å². The summed E-state index contributed by atoms with van der Waals surface area (Å²) in [4.78, 5) is 27.5. The molecular formula is C24H25NO5S. The predicted octanol–water partition coefficient (Wildman–Crippen LogP) is 4.39. The number of ether oxygens (including phenoxy) is 2. The SMILES string of the molecule is CCOC(=O)C1=C(C)NC2=C(C(=O)C[C@H](c3cccs3)C2)[C@@H]1c1ccc(O)c(OC)c1. The fourth-order valence-electron chi connectivity index (χ4n) is 4.45. The van der Waals surface area contributed by atoms with Gasteiger partial charge in [-0.2, -0.15) is 0 Å². The summed E-state index contributed by atoms with van der Waals surface area (Å²) < 4.78 is 10.6. The number of phenols is 1. The number of hydrogen-bond acceptors (Lipinski definition) is 7. The number of allylic oxidation sites excluding steroid dienone is 3. The number of methoxy groups -OCH3 is 1. The van der Waals surface area contributed by atoms with Crippen LogP contribution in [0.15, 0.2) is 58.3 Å². The zero-order valence-electron chi connectivity index (χ0n) is 17.7. The zero-order chi connectivity index (χ0) is 22.1. The Balaban J connectivity index is 1.84. The van der Waals surface area contributed by atoms with E-state index >= 15 is 0 Å². The average molecular weight is 440 g/mol. The Morgan fingerprint density at radius 2 is 2.10 bits per heavy atom.